The minimum atomic E-state index is -1.17. The molecule has 2 aromatic rings. The maximum absolute atomic E-state index is 12.9. The van der Waals surface area contributed by atoms with Crippen molar-refractivity contribution in [2.75, 3.05) is 11.5 Å². The van der Waals surface area contributed by atoms with Crippen LogP contribution in [0.1, 0.15) is 21.5 Å². The largest absolute Gasteiger partial charge is 0.508 e. The summed E-state index contributed by atoms with van der Waals surface area (Å²) < 4.78 is 0. The second-order valence-corrected chi connectivity index (χ2v) is 10.4. The number of rotatable bonds is 5. The van der Waals surface area contributed by atoms with E-state index in [0.717, 1.165) is 5.56 Å². The van der Waals surface area contributed by atoms with E-state index in [2.05, 4.69) is 16.0 Å². The van der Waals surface area contributed by atoms with Gasteiger partial charge in [-0.05, 0) is 41.8 Å². The number of fused-ring (bicyclic) bond motifs is 2. The molecule has 3 atom stereocenters. The molecule has 0 saturated carbocycles. The number of carbonyl (C=O) groups is 4. The third-order valence-electron chi connectivity index (χ3n) is 5.17. The van der Waals surface area contributed by atoms with Crippen molar-refractivity contribution >= 4 is 45.3 Å². The van der Waals surface area contributed by atoms with Crippen molar-refractivity contribution < 1.29 is 29.4 Å². The van der Waals surface area contributed by atoms with Gasteiger partial charge in [0, 0.05) is 23.6 Å². The van der Waals surface area contributed by atoms with Crippen molar-refractivity contribution in [2.24, 2.45) is 5.73 Å². The lowest BCUT2D eigenvalue weighted by atomic mass is 10.1. The molecule has 1 aliphatic rings. The van der Waals surface area contributed by atoms with Gasteiger partial charge in [-0.1, -0.05) is 45.9 Å². The lowest BCUT2D eigenvalue weighted by Gasteiger charge is -2.21. The number of amides is 3. The number of carboxylic acids is 1. The number of hydrogen-bond donors (Lipinski definition) is 6. The average molecular weight is 519 g/mol. The monoisotopic (exact) mass is 518 g/mol. The molecule has 0 radical (unpaired) electrons. The molecular formula is C23H26N4O6S2. The first kappa shape index (κ1) is 26.4. The predicted octanol–water partition coefficient (Wildman–Crippen LogP) is 0.641. The number of nitrogens with one attached hydrogen (secondary N) is 3. The number of nitrogens with two attached hydrogens (primary N) is 1. The Morgan fingerprint density at radius 2 is 1.83 bits per heavy atom. The van der Waals surface area contributed by atoms with Gasteiger partial charge in [0.1, 0.15) is 17.8 Å². The van der Waals surface area contributed by atoms with Crippen LogP contribution in [0.2, 0.25) is 0 Å². The smallest absolute Gasteiger partial charge is 0.327 e. The molecule has 0 spiro atoms. The van der Waals surface area contributed by atoms with Gasteiger partial charge < -0.3 is 31.9 Å². The van der Waals surface area contributed by atoms with Crippen molar-refractivity contribution in [3.8, 4) is 5.75 Å². The zero-order chi connectivity index (χ0) is 25.4. The Bertz CT molecular complexity index is 1080. The van der Waals surface area contributed by atoms with Crippen LogP contribution in [0.15, 0.2) is 48.5 Å². The zero-order valence-electron chi connectivity index (χ0n) is 18.6. The highest BCUT2D eigenvalue weighted by Crippen LogP contribution is 2.24. The van der Waals surface area contributed by atoms with Crippen LogP contribution in [0.4, 0.5) is 0 Å². The van der Waals surface area contributed by atoms with Crippen LogP contribution in [0.3, 0.4) is 0 Å². The lowest BCUT2D eigenvalue weighted by molar-refractivity contribution is -0.138. The van der Waals surface area contributed by atoms with Crippen molar-refractivity contribution in [1.29, 1.82) is 0 Å². The fraction of sp³-hybridized carbons (Fsp3) is 0.304. The lowest BCUT2D eigenvalue weighted by Crippen LogP contribution is -2.53. The molecule has 1 aliphatic heterocycles. The van der Waals surface area contributed by atoms with Gasteiger partial charge >= 0.3 is 5.97 Å². The molecule has 0 saturated heterocycles. The minimum Gasteiger partial charge on any atom is -0.508 e. The Morgan fingerprint density at radius 1 is 1.11 bits per heavy atom. The Balaban J connectivity index is 1.71. The summed E-state index contributed by atoms with van der Waals surface area (Å²) in [5.74, 6) is -2.29. The highest BCUT2D eigenvalue weighted by Gasteiger charge is 2.26. The number of phenolic OH excluding ortho intramolecular Hbond substituents is 1. The normalized spacial score (nSPS) is 20.0. The van der Waals surface area contributed by atoms with Crippen LogP contribution in [0.5, 0.6) is 5.75 Å². The van der Waals surface area contributed by atoms with E-state index in [0.29, 0.717) is 5.56 Å². The summed E-state index contributed by atoms with van der Waals surface area (Å²) in [6, 6.07) is 9.89. The molecule has 1 heterocycles. The van der Waals surface area contributed by atoms with Crippen molar-refractivity contribution in [3.05, 3.63) is 65.2 Å². The molecule has 3 amide bonds. The molecule has 3 rings (SSSR count). The summed E-state index contributed by atoms with van der Waals surface area (Å²) in [6.07, 6.45) is 0.217. The first-order chi connectivity index (χ1) is 16.7. The number of phenols is 1. The van der Waals surface area contributed by atoms with E-state index in [9.17, 15) is 29.4 Å². The van der Waals surface area contributed by atoms with E-state index >= 15 is 0 Å². The molecule has 0 aliphatic carbocycles. The van der Waals surface area contributed by atoms with Gasteiger partial charge in [-0.15, -0.1) is 0 Å². The number of hydrogen-bond acceptors (Lipinski definition) is 8. The molecule has 12 heteroatoms. The van der Waals surface area contributed by atoms with Crippen molar-refractivity contribution in [3.63, 3.8) is 0 Å². The summed E-state index contributed by atoms with van der Waals surface area (Å²) in [4.78, 5) is 49.6. The van der Waals surface area contributed by atoms with Crippen LogP contribution in [-0.2, 0) is 27.3 Å². The van der Waals surface area contributed by atoms with E-state index in [4.69, 9.17) is 5.73 Å². The van der Waals surface area contributed by atoms with Gasteiger partial charge in [0.15, 0.2) is 0 Å². The second kappa shape index (κ2) is 12.5. The summed E-state index contributed by atoms with van der Waals surface area (Å²) >= 11 is 0. The molecule has 2 aromatic carbocycles. The third-order valence-corrected chi connectivity index (χ3v) is 7.60. The third kappa shape index (κ3) is 7.91. The first-order valence-corrected chi connectivity index (χ1v) is 13.2. The topological polar surface area (TPSA) is 171 Å². The van der Waals surface area contributed by atoms with Gasteiger partial charge in [-0.25, -0.2) is 4.79 Å². The van der Waals surface area contributed by atoms with Crippen LogP contribution in [-0.4, -0.2) is 63.5 Å². The van der Waals surface area contributed by atoms with Gasteiger partial charge in [-0.3, -0.25) is 14.4 Å². The van der Waals surface area contributed by atoms with Gasteiger partial charge in [0.25, 0.3) is 5.91 Å². The van der Waals surface area contributed by atoms with E-state index < -0.39 is 41.8 Å². The Hall–Kier alpha value is -3.22. The van der Waals surface area contributed by atoms with Gasteiger partial charge in [-0.2, -0.15) is 0 Å². The minimum absolute atomic E-state index is 0.0636. The van der Waals surface area contributed by atoms with E-state index in [-0.39, 0.29) is 35.8 Å². The summed E-state index contributed by atoms with van der Waals surface area (Å²) in [5.41, 5.74) is 7.72. The standard InChI is InChI=1S/C23H26N4O6S2/c24-17(9-13-4-6-16(28)7-5-13)21(30)26-18-11-34-35-12-19(23(32)33)27-20(29)15-3-1-2-14(8-15)10-25-22(18)31/h1-8,17-19,28H,9-12,24H2,(H,25,31)(H,26,30)(H,27,29)(H,32,33)/t17-,18-,19-/m0/s1. The number of carbonyl (C=O) groups excluding carboxylic acids is 3. The predicted molar refractivity (Wildman–Crippen MR) is 134 cm³/mol. The fourth-order valence-corrected chi connectivity index (χ4v) is 5.54. The molecule has 35 heavy (non-hydrogen) atoms. The average Bonchev–Trinajstić information content (AvgIpc) is 2.84. The van der Waals surface area contributed by atoms with Crippen molar-refractivity contribution in [1.82, 2.24) is 16.0 Å². The van der Waals surface area contributed by atoms with E-state index in [1.165, 1.54) is 33.7 Å². The van der Waals surface area contributed by atoms with Crippen LogP contribution in [0, 0.1) is 0 Å². The van der Waals surface area contributed by atoms with Crippen LogP contribution < -0.4 is 21.7 Å². The van der Waals surface area contributed by atoms with Gasteiger partial charge in [0.05, 0.1) is 6.04 Å². The van der Waals surface area contributed by atoms with E-state index in [1.54, 1.807) is 36.4 Å². The SMILES string of the molecule is N[C@@H](Cc1ccc(O)cc1)C(=O)N[C@H]1CSSC[C@@H](C(=O)O)NC(=O)c2cccc(c2)CNC1=O. The second-order valence-electron chi connectivity index (χ2n) is 7.89. The molecule has 186 valence electrons. The first-order valence-electron chi connectivity index (χ1n) is 10.7. The number of benzene rings is 2. The summed E-state index contributed by atoms with van der Waals surface area (Å²) in [6.45, 7) is 0.117. The molecule has 2 bridgehead atoms. The quantitative estimate of drug-likeness (QED) is 0.311. The van der Waals surface area contributed by atoms with E-state index in [1.807, 2.05) is 0 Å². The number of aliphatic carboxylic acids is 1. The molecule has 7 N–H and O–H groups in total. The maximum Gasteiger partial charge on any atom is 0.327 e. The number of carboxylic acid groups (broad SMARTS) is 1. The Labute approximate surface area is 209 Å². The molecule has 10 nitrogen and oxygen atoms in total. The summed E-state index contributed by atoms with van der Waals surface area (Å²) in [5, 5.41) is 26.8. The van der Waals surface area contributed by atoms with Crippen LogP contribution in [0.25, 0.3) is 0 Å². The number of aromatic hydroxyl groups is 1. The molecule has 0 unspecified atom stereocenters. The molecule has 0 aromatic heterocycles. The summed E-state index contributed by atoms with van der Waals surface area (Å²) in [7, 11) is 2.38. The van der Waals surface area contributed by atoms with Gasteiger partial charge in [0.2, 0.25) is 11.8 Å². The molecule has 0 fully saturated rings. The maximum atomic E-state index is 12.9. The fourth-order valence-electron chi connectivity index (χ4n) is 3.22. The molecular weight excluding hydrogens is 492 g/mol. The highest BCUT2D eigenvalue weighted by atomic mass is 33.1. The Morgan fingerprint density at radius 3 is 2.54 bits per heavy atom. The van der Waals surface area contributed by atoms with Crippen LogP contribution >= 0.6 is 21.6 Å². The van der Waals surface area contributed by atoms with Crippen molar-refractivity contribution in [2.45, 2.75) is 31.1 Å². The zero-order valence-corrected chi connectivity index (χ0v) is 20.2. The highest BCUT2D eigenvalue weighted by molar-refractivity contribution is 8.76. The Kier molecular flexibility index (Phi) is 9.40.